The number of hydroxylamine groups is 2. The molecule has 0 N–H and O–H groups in total. The van der Waals surface area contributed by atoms with E-state index >= 15 is 0 Å². The molecule has 0 aromatic heterocycles. The number of carbonyl (C=O) groups excluding carboxylic acids is 3. The number of Topliss-reactive ketones (excluding diaryl/α,β-unsaturated/α-hetero) is 2. The Hall–Kier alpha value is -1.49. The van der Waals surface area contributed by atoms with Gasteiger partial charge in [0.1, 0.15) is 0 Å². The second-order valence-corrected chi connectivity index (χ2v) is 6.21. The molecule has 1 amide bonds. The highest BCUT2D eigenvalue weighted by Crippen LogP contribution is 2.34. The summed E-state index contributed by atoms with van der Waals surface area (Å²) in [4.78, 5) is 41.1. The standard InChI is InChI=1S/C17H27NO4/c1-11-6-7-14(10-11)17(21)15(12(2)13(3)19)8-9-16(20)18(4)22-5/h11,14H,6-10H2,1-5H3/b15-12-. The van der Waals surface area contributed by atoms with E-state index in [0.717, 1.165) is 24.3 Å². The Morgan fingerprint density at radius 3 is 2.23 bits per heavy atom. The van der Waals surface area contributed by atoms with Gasteiger partial charge in [-0.25, -0.2) is 5.06 Å². The van der Waals surface area contributed by atoms with Gasteiger partial charge in [-0.1, -0.05) is 6.92 Å². The normalized spacial score (nSPS) is 22.2. The highest BCUT2D eigenvalue weighted by Gasteiger charge is 2.30. The molecule has 1 aliphatic rings. The average molecular weight is 309 g/mol. The quantitative estimate of drug-likeness (QED) is 0.536. The van der Waals surface area contributed by atoms with Crippen molar-refractivity contribution in [1.29, 1.82) is 0 Å². The first-order chi connectivity index (χ1) is 10.3. The van der Waals surface area contributed by atoms with Gasteiger partial charge in [0.15, 0.2) is 11.6 Å². The summed E-state index contributed by atoms with van der Waals surface area (Å²) in [6.45, 7) is 5.28. The Kier molecular flexibility index (Phi) is 6.94. The largest absolute Gasteiger partial charge is 0.295 e. The molecule has 0 aromatic rings. The van der Waals surface area contributed by atoms with Crippen molar-refractivity contribution >= 4 is 17.5 Å². The van der Waals surface area contributed by atoms with Crippen molar-refractivity contribution in [3.05, 3.63) is 11.1 Å². The number of carbonyl (C=O) groups is 3. The maximum Gasteiger partial charge on any atom is 0.246 e. The SMILES string of the molecule is CON(C)C(=O)CC/C(C(=O)C1CCC(C)C1)=C(\C)C(C)=O. The lowest BCUT2D eigenvalue weighted by atomic mass is 9.89. The fourth-order valence-electron chi connectivity index (χ4n) is 2.89. The molecule has 0 aromatic carbocycles. The van der Waals surface area contributed by atoms with E-state index in [1.807, 2.05) is 0 Å². The Bertz CT molecular complexity index is 481. The molecule has 5 nitrogen and oxygen atoms in total. The summed E-state index contributed by atoms with van der Waals surface area (Å²) in [6, 6.07) is 0. The summed E-state index contributed by atoms with van der Waals surface area (Å²) in [5.74, 6) is 0.277. The molecule has 1 rings (SSSR count). The highest BCUT2D eigenvalue weighted by molar-refractivity contribution is 6.06. The topological polar surface area (TPSA) is 63.7 Å². The van der Waals surface area contributed by atoms with Crippen LogP contribution in [0.4, 0.5) is 0 Å². The van der Waals surface area contributed by atoms with E-state index in [1.54, 1.807) is 6.92 Å². The van der Waals surface area contributed by atoms with Gasteiger partial charge in [0, 0.05) is 25.0 Å². The summed E-state index contributed by atoms with van der Waals surface area (Å²) < 4.78 is 0. The lowest BCUT2D eigenvalue weighted by molar-refractivity contribution is -0.168. The van der Waals surface area contributed by atoms with E-state index in [0.29, 0.717) is 23.5 Å². The van der Waals surface area contributed by atoms with Crippen LogP contribution in [-0.4, -0.2) is 36.7 Å². The van der Waals surface area contributed by atoms with Gasteiger partial charge in [-0.2, -0.15) is 0 Å². The van der Waals surface area contributed by atoms with E-state index in [9.17, 15) is 14.4 Å². The van der Waals surface area contributed by atoms with Crippen molar-refractivity contribution in [1.82, 2.24) is 5.06 Å². The third kappa shape index (κ3) is 4.77. The van der Waals surface area contributed by atoms with E-state index in [-0.39, 0.29) is 29.8 Å². The molecule has 0 spiro atoms. The smallest absolute Gasteiger partial charge is 0.246 e. The predicted octanol–water partition coefficient (Wildman–Crippen LogP) is 2.70. The number of allylic oxidation sites excluding steroid dienone is 2. The Morgan fingerprint density at radius 1 is 1.14 bits per heavy atom. The Labute approximate surface area is 132 Å². The molecule has 1 saturated carbocycles. The number of nitrogens with zero attached hydrogens (tertiary/aromatic N) is 1. The summed E-state index contributed by atoms with van der Waals surface area (Å²) in [6.07, 6.45) is 3.26. The van der Waals surface area contributed by atoms with Gasteiger partial charge in [-0.15, -0.1) is 0 Å². The van der Waals surface area contributed by atoms with Gasteiger partial charge in [0.05, 0.1) is 7.11 Å². The first-order valence-electron chi connectivity index (χ1n) is 7.83. The minimum Gasteiger partial charge on any atom is -0.295 e. The van der Waals surface area contributed by atoms with Crippen molar-refractivity contribution < 1.29 is 19.2 Å². The predicted molar refractivity (Wildman–Crippen MR) is 83.9 cm³/mol. The first kappa shape index (κ1) is 18.6. The fourth-order valence-corrected chi connectivity index (χ4v) is 2.89. The van der Waals surface area contributed by atoms with Gasteiger partial charge in [-0.05, 0) is 51.0 Å². The molecule has 0 bridgehead atoms. The maximum atomic E-state index is 12.7. The molecule has 1 fully saturated rings. The van der Waals surface area contributed by atoms with E-state index in [4.69, 9.17) is 4.84 Å². The van der Waals surface area contributed by atoms with Crippen molar-refractivity contribution in [3.63, 3.8) is 0 Å². The molecule has 22 heavy (non-hydrogen) atoms. The second kappa shape index (κ2) is 8.22. The molecule has 0 saturated heterocycles. The minimum atomic E-state index is -0.205. The Balaban J connectivity index is 2.86. The second-order valence-electron chi connectivity index (χ2n) is 6.21. The molecule has 1 aliphatic carbocycles. The van der Waals surface area contributed by atoms with E-state index in [1.165, 1.54) is 21.1 Å². The lowest BCUT2D eigenvalue weighted by Crippen LogP contribution is -2.26. The van der Waals surface area contributed by atoms with Gasteiger partial charge in [0.2, 0.25) is 5.91 Å². The van der Waals surface area contributed by atoms with Crippen LogP contribution in [0, 0.1) is 11.8 Å². The number of hydrogen-bond donors (Lipinski definition) is 0. The van der Waals surface area contributed by atoms with E-state index < -0.39 is 0 Å². The van der Waals surface area contributed by atoms with Gasteiger partial charge in [-0.3, -0.25) is 19.2 Å². The number of amides is 1. The Morgan fingerprint density at radius 2 is 1.77 bits per heavy atom. The van der Waals surface area contributed by atoms with Crippen molar-refractivity contribution in [2.75, 3.05) is 14.2 Å². The average Bonchev–Trinajstić information content (AvgIpc) is 2.92. The first-order valence-corrected chi connectivity index (χ1v) is 7.83. The van der Waals surface area contributed by atoms with Crippen LogP contribution in [0.1, 0.15) is 52.9 Å². The number of ketones is 2. The van der Waals surface area contributed by atoms with Crippen LogP contribution >= 0.6 is 0 Å². The van der Waals surface area contributed by atoms with Crippen LogP contribution in [0.15, 0.2) is 11.1 Å². The molecular formula is C17H27NO4. The van der Waals surface area contributed by atoms with Crippen molar-refractivity contribution in [3.8, 4) is 0 Å². The summed E-state index contributed by atoms with van der Waals surface area (Å²) in [5.41, 5.74) is 1.00. The van der Waals surface area contributed by atoms with Crippen LogP contribution in [0.5, 0.6) is 0 Å². The van der Waals surface area contributed by atoms with Crippen LogP contribution in [0.25, 0.3) is 0 Å². The number of hydrogen-bond acceptors (Lipinski definition) is 4. The zero-order valence-electron chi connectivity index (χ0n) is 14.3. The van der Waals surface area contributed by atoms with E-state index in [2.05, 4.69) is 6.92 Å². The van der Waals surface area contributed by atoms with Crippen LogP contribution in [0.2, 0.25) is 0 Å². The highest BCUT2D eigenvalue weighted by atomic mass is 16.7. The van der Waals surface area contributed by atoms with Crippen molar-refractivity contribution in [2.24, 2.45) is 11.8 Å². The zero-order chi connectivity index (χ0) is 16.9. The molecule has 124 valence electrons. The molecule has 2 atom stereocenters. The molecule has 0 aliphatic heterocycles. The summed E-state index contributed by atoms with van der Waals surface area (Å²) in [5, 5.41) is 1.14. The maximum absolute atomic E-state index is 12.7. The third-order valence-corrected chi connectivity index (χ3v) is 4.56. The number of rotatable bonds is 7. The van der Waals surface area contributed by atoms with Crippen molar-refractivity contribution in [2.45, 2.75) is 52.9 Å². The van der Waals surface area contributed by atoms with Gasteiger partial charge >= 0.3 is 0 Å². The zero-order valence-corrected chi connectivity index (χ0v) is 14.3. The minimum absolute atomic E-state index is 0.00504. The summed E-state index contributed by atoms with van der Waals surface area (Å²) in [7, 11) is 2.95. The van der Waals surface area contributed by atoms with Gasteiger partial charge in [0.25, 0.3) is 0 Å². The summed E-state index contributed by atoms with van der Waals surface area (Å²) >= 11 is 0. The van der Waals surface area contributed by atoms with Crippen LogP contribution in [0.3, 0.4) is 0 Å². The molecule has 5 heteroatoms. The molecule has 0 heterocycles. The molecule has 2 unspecified atom stereocenters. The monoisotopic (exact) mass is 309 g/mol. The molecular weight excluding hydrogens is 282 g/mol. The van der Waals surface area contributed by atoms with Gasteiger partial charge < -0.3 is 0 Å². The lowest BCUT2D eigenvalue weighted by Gasteiger charge is -2.17. The van der Waals surface area contributed by atoms with Crippen LogP contribution < -0.4 is 0 Å². The molecule has 0 radical (unpaired) electrons. The fraction of sp³-hybridized carbons (Fsp3) is 0.706. The van der Waals surface area contributed by atoms with Crippen LogP contribution in [-0.2, 0) is 19.2 Å². The third-order valence-electron chi connectivity index (χ3n) is 4.56.